The van der Waals surface area contributed by atoms with Gasteiger partial charge in [0.05, 0.1) is 17.0 Å². The molecule has 0 fully saturated rings. The van der Waals surface area contributed by atoms with E-state index in [1.54, 1.807) is 0 Å². The first-order valence-electron chi connectivity index (χ1n) is 9.25. The zero-order chi connectivity index (χ0) is 20.2. The molecule has 0 radical (unpaired) electrons. The summed E-state index contributed by atoms with van der Waals surface area (Å²) in [6, 6.07) is 24.6. The highest BCUT2D eigenvalue weighted by molar-refractivity contribution is 6.32. The Morgan fingerprint density at radius 1 is 0.966 bits per heavy atom. The summed E-state index contributed by atoms with van der Waals surface area (Å²) >= 11 is 6.16. The summed E-state index contributed by atoms with van der Waals surface area (Å²) < 4.78 is 5.81. The number of nitrogens with zero attached hydrogens (tertiary/aromatic N) is 2. The highest BCUT2D eigenvalue weighted by Crippen LogP contribution is 2.25. The molecule has 4 nitrogen and oxygen atoms in total. The van der Waals surface area contributed by atoms with Crippen molar-refractivity contribution < 1.29 is 9.53 Å². The van der Waals surface area contributed by atoms with E-state index in [0.717, 1.165) is 22.6 Å². The van der Waals surface area contributed by atoms with Gasteiger partial charge in [0.1, 0.15) is 12.4 Å². The number of halogens is 1. The monoisotopic (exact) mass is 402 g/mol. The molecule has 0 bridgehead atoms. The third-order valence-corrected chi connectivity index (χ3v) is 4.98. The van der Waals surface area contributed by atoms with Gasteiger partial charge in [0, 0.05) is 10.6 Å². The zero-order valence-corrected chi connectivity index (χ0v) is 16.6. The van der Waals surface area contributed by atoms with Crippen molar-refractivity contribution in [2.45, 2.75) is 13.5 Å². The predicted molar refractivity (Wildman–Crippen MR) is 117 cm³/mol. The van der Waals surface area contributed by atoms with E-state index < -0.39 is 0 Å². The van der Waals surface area contributed by atoms with Crippen LogP contribution in [0.2, 0.25) is 5.02 Å². The molecule has 0 spiro atoms. The number of anilines is 1. The summed E-state index contributed by atoms with van der Waals surface area (Å²) in [4.78, 5) is 12.8. The largest absolute Gasteiger partial charge is 0.489 e. The van der Waals surface area contributed by atoms with Gasteiger partial charge in [-0.15, -0.1) is 0 Å². The van der Waals surface area contributed by atoms with Gasteiger partial charge in [-0.25, -0.2) is 0 Å². The minimum atomic E-state index is -0.132. The summed E-state index contributed by atoms with van der Waals surface area (Å²) in [5.41, 5.74) is 3.87. The highest BCUT2D eigenvalue weighted by Gasteiger charge is 2.28. The van der Waals surface area contributed by atoms with E-state index in [0.29, 0.717) is 22.9 Å². The fourth-order valence-electron chi connectivity index (χ4n) is 3.03. The normalized spacial score (nSPS) is 15.0. The first kappa shape index (κ1) is 19.0. The fourth-order valence-corrected chi connectivity index (χ4v) is 3.22. The van der Waals surface area contributed by atoms with Crippen molar-refractivity contribution in [3.63, 3.8) is 0 Å². The van der Waals surface area contributed by atoms with Crippen LogP contribution in [0.15, 0.2) is 89.5 Å². The third kappa shape index (κ3) is 4.23. The van der Waals surface area contributed by atoms with Crippen LogP contribution in [-0.4, -0.2) is 11.6 Å². The van der Waals surface area contributed by atoms with E-state index in [2.05, 4.69) is 5.10 Å². The Bertz CT molecular complexity index is 1090. The third-order valence-electron chi connectivity index (χ3n) is 4.61. The average molecular weight is 403 g/mol. The van der Waals surface area contributed by atoms with E-state index in [1.807, 2.05) is 91.9 Å². The lowest BCUT2D eigenvalue weighted by molar-refractivity contribution is -0.114. The number of hydrogen-bond acceptors (Lipinski definition) is 3. The molecule has 3 aromatic carbocycles. The smallest absolute Gasteiger partial charge is 0.280 e. The standard InChI is InChI=1S/C24H19ClN2O2/c1-17-22(24(28)27(26-17)20-8-3-2-4-9-20)15-18-11-13-21(14-12-18)29-16-19-7-5-6-10-23(19)25/h2-15H,16H2,1H3. The van der Waals surface area contributed by atoms with Crippen LogP contribution in [0, 0.1) is 0 Å². The molecule has 5 heteroatoms. The van der Waals surface area contributed by atoms with Crippen LogP contribution in [0.1, 0.15) is 18.1 Å². The van der Waals surface area contributed by atoms with Crippen LogP contribution in [0.4, 0.5) is 5.69 Å². The second-order valence-electron chi connectivity index (χ2n) is 6.65. The van der Waals surface area contributed by atoms with Gasteiger partial charge in [-0.3, -0.25) is 4.79 Å². The number of amides is 1. The van der Waals surface area contributed by atoms with Crippen molar-refractivity contribution in [2.75, 3.05) is 5.01 Å². The fraction of sp³-hybridized carbons (Fsp3) is 0.0833. The van der Waals surface area contributed by atoms with E-state index in [4.69, 9.17) is 16.3 Å². The molecule has 0 N–H and O–H groups in total. The number of hydrazone groups is 1. The Kier molecular flexibility index (Phi) is 5.45. The van der Waals surface area contributed by atoms with Crippen molar-refractivity contribution in [3.05, 3.63) is 101 Å². The molecule has 0 saturated heterocycles. The van der Waals surface area contributed by atoms with Gasteiger partial charge >= 0.3 is 0 Å². The van der Waals surface area contributed by atoms with Crippen LogP contribution in [0.25, 0.3) is 6.08 Å². The van der Waals surface area contributed by atoms with Gasteiger partial charge in [0.15, 0.2) is 0 Å². The number of para-hydroxylation sites is 1. The molecule has 1 aliphatic rings. The second-order valence-corrected chi connectivity index (χ2v) is 7.05. The van der Waals surface area contributed by atoms with E-state index in [-0.39, 0.29) is 5.91 Å². The maximum atomic E-state index is 12.8. The zero-order valence-electron chi connectivity index (χ0n) is 15.9. The van der Waals surface area contributed by atoms with Crippen LogP contribution in [0.5, 0.6) is 5.75 Å². The molecule has 0 atom stereocenters. The maximum absolute atomic E-state index is 12.8. The SMILES string of the molecule is CC1=NN(c2ccccc2)C(=O)C1=Cc1ccc(OCc2ccccc2Cl)cc1. The summed E-state index contributed by atoms with van der Waals surface area (Å²) in [6.07, 6.45) is 1.85. The number of carbonyl (C=O) groups excluding carboxylic acids is 1. The molecule has 4 rings (SSSR count). The summed E-state index contributed by atoms with van der Waals surface area (Å²) in [7, 11) is 0. The minimum Gasteiger partial charge on any atom is -0.489 e. The topological polar surface area (TPSA) is 41.9 Å². The van der Waals surface area contributed by atoms with Gasteiger partial charge in [-0.1, -0.05) is 60.1 Å². The highest BCUT2D eigenvalue weighted by atomic mass is 35.5. The molecule has 0 unspecified atom stereocenters. The van der Waals surface area contributed by atoms with Crippen molar-refractivity contribution in [3.8, 4) is 5.75 Å². The van der Waals surface area contributed by atoms with Crippen molar-refractivity contribution >= 4 is 35.0 Å². The average Bonchev–Trinajstić information content (AvgIpc) is 3.03. The minimum absolute atomic E-state index is 0.132. The summed E-state index contributed by atoms with van der Waals surface area (Å²) in [6.45, 7) is 2.24. The molecule has 0 aliphatic carbocycles. The first-order valence-corrected chi connectivity index (χ1v) is 9.62. The Balaban J connectivity index is 1.47. The van der Waals surface area contributed by atoms with Gasteiger partial charge in [-0.05, 0) is 48.9 Å². The molecule has 144 valence electrons. The maximum Gasteiger partial charge on any atom is 0.280 e. The van der Waals surface area contributed by atoms with Crippen LogP contribution in [0.3, 0.4) is 0 Å². The van der Waals surface area contributed by atoms with E-state index in [9.17, 15) is 4.79 Å². The molecular weight excluding hydrogens is 384 g/mol. The molecular formula is C24H19ClN2O2. The van der Waals surface area contributed by atoms with E-state index >= 15 is 0 Å². The number of carbonyl (C=O) groups is 1. The summed E-state index contributed by atoms with van der Waals surface area (Å²) in [5, 5.41) is 6.52. The number of benzene rings is 3. The second kappa shape index (κ2) is 8.33. The summed E-state index contributed by atoms with van der Waals surface area (Å²) in [5.74, 6) is 0.605. The van der Waals surface area contributed by atoms with Crippen molar-refractivity contribution in [1.82, 2.24) is 0 Å². The lowest BCUT2D eigenvalue weighted by Crippen LogP contribution is -2.21. The molecule has 0 aromatic heterocycles. The Hall–Kier alpha value is -3.37. The van der Waals surface area contributed by atoms with Crippen molar-refractivity contribution in [2.24, 2.45) is 5.10 Å². The molecule has 0 saturated carbocycles. The lowest BCUT2D eigenvalue weighted by atomic mass is 10.1. The molecule has 3 aromatic rings. The Morgan fingerprint density at radius 2 is 1.66 bits per heavy atom. The van der Waals surface area contributed by atoms with Gasteiger partial charge in [0.2, 0.25) is 0 Å². The van der Waals surface area contributed by atoms with E-state index in [1.165, 1.54) is 5.01 Å². The molecule has 1 aliphatic heterocycles. The van der Waals surface area contributed by atoms with Crippen LogP contribution < -0.4 is 9.75 Å². The van der Waals surface area contributed by atoms with Gasteiger partial charge in [0.25, 0.3) is 5.91 Å². The van der Waals surface area contributed by atoms with Crippen LogP contribution in [-0.2, 0) is 11.4 Å². The molecule has 1 heterocycles. The Labute approximate surface area is 174 Å². The lowest BCUT2D eigenvalue weighted by Gasteiger charge is -2.11. The molecule has 29 heavy (non-hydrogen) atoms. The van der Waals surface area contributed by atoms with Gasteiger partial charge in [-0.2, -0.15) is 10.1 Å². The first-order chi connectivity index (χ1) is 14.1. The predicted octanol–water partition coefficient (Wildman–Crippen LogP) is 5.73. The van der Waals surface area contributed by atoms with Crippen LogP contribution >= 0.6 is 11.6 Å². The van der Waals surface area contributed by atoms with Crippen molar-refractivity contribution in [1.29, 1.82) is 0 Å². The Morgan fingerprint density at radius 3 is 2.38 bits per heavy atom. The molecule has 1 amide bonds. The van der Waals surface area contributed by atoms with Gasteiger partial charge < -0.3 is 4.74 Å². The number of ether oxygens (including phenoxy) is 1. The quantitative estimate of drug-likeness (QED) is 0.512. The number of rotatable bonds is 5. The number of hydrogen-bond donors (Lipinski definition) is 0.